The van der Waals surface area contributed by atoms with Gasteiger partial charge in [-0.2, -0.15) is 5.26 Å². The van der Waals surface area contributed by atoms with Gasteiger partial charge in [-0.3, -0.25) is 9.52 Å². The Morgan fingerprint density at radius 3 is 2.70 bits per heavy atom. The molecule has 7 heteroatoms. The predicted molar refractivity (Wildman–Crippen MR) is 104 cm³/mol. The third kappa shape index (κ3) is 4.66. The highest BCUT2D eigenvalue weighted by Crippen LogP contribution is 2.21. The average Bonchev–Trinajstić information content (AvgIpc) is 2.68. The Balaban J connectivity index is 1.73. The van der Waals surface area contributed by atoms with Crippen molar-refractivity contribution in [2.75, 3.05) is 17.8 Å². The monoisotopic (exact) mass is 383 g/mol. The molecule has 1 amide bonds. The van der Waals surface area contributed by atoms with Crippen molar-refractivity contribution < 1.29 is 13.2 Å². The van der Waals surface area contributed by atoms with E-state index < -0.39 is 15.3 Å². The molecule has 1 aliphatic rings. The Morgan fingerprint density at radius 1 is 1.19 bits per heavy atom. The minimum atomic E-state index is -3.59. The number of para-hydroxylation sites is 1. The molecule has 0 unspecified atom stereocenters. The van der Waals surface area contributed by atoms with Gasteiger partial charge in [-0.1, -0.05) is 30.3 Å². The van der Waals surface area contributed by atoms with Gasteiger partial charge in [0.25, 0.3) is 5.91 Å². The number of anilines is 1. The van der Waals surface area contributed by atoms with Crippen LogP contribution in [0.25, 0.3) is 0 Å². The Bertz CT molecular complexity index is 952. The first-order chi connectivity index (χ1) is 13.0. The second-order valence-electron chi connectivity index (χ2n) is 6.56. The minimum Gasteiger partial charge on any atom is -0.337 e. The molecule has 1 heterocycles. The molecular weight excluding hydrogens is 362 g/mol. The van der Waals surface area contributed by atoms with Crippen molar-refractivity contribution in [3.63, 3.8) is 0 Å². The van der Waals surface area contributed by atoms with Gasteiger partial charge < -0.3 is 4.90 Å². The lowest BCUT2D eigenvalue weighted by atomic mass is 10.1. The van der Waals surface area contributed by atoms with E-state index in [1.165, 1.54) is 0 Å². The molecule has 0 saturated carbocycles. The zero-order chi connectivity index (χ0) is 19.3. The SMILES string of the molecule is N#CCc1cccc(C(=O)N2CCC[C@H](S(=O)(=O)Nc3ccccc3)C2)c1. The van der Waals surface area contributed by atoms with Crippen molar-refractivity contribution in [2.24, 2.45) is 0 Å². The Labute approximate surface area is 159 Å². The highest BCUT2D eigenvalue weighted by atomic mass is 32.2. The summed E-state index contributed by atoms with van der Waals surface area (Å²) >= 11 is 0. The van der Waals surface area contributed by atoms with E-state index in [0.717, 1.165) is 5.56 Å². The molecule has 0 radical (unpaired) electrons. The third-order valence-electron chi connectivity index (χ3n) is 4.60. The Morgan fingerprint density at radius 2 is 1.96 bits per heavy atom. The van der Waals surface area contributed by atoms with Gasteiger partial charge in [-0.25, -0.2) is 8.42 Å². The molecule has 0 spiro atoms. The Kier molecular flexibility index (Phi) is 5.77. The van der Waals surface area contributed by atoms with Crippen LogP contribution in [0.3, 0.4) is 0 Å². The van der Waals surface area contributed by atoms with Gasteiger partial charge in [0, 0.05) is 24.3 Å². The number of carbonyl (C=O) groups excluding carboxylic acids is 1. The van der Waals surface area contributed by atoms with Crippen LogP contribution < -0.4 is 4.72 Å². The van der Waals surface area contributed by atoms with Gasteiger partial charge in [0.1, 0.15) is 0 Å². The standard InChI is InChI=1S/C20H21N3O3S/c21-12-11-16-6-4-7-17(14-16)20(24)23-13-5-10-19(15-23)27(25,26)22-18-8-2-1-3-9-18/h1-4,6-9,14,19,22H,5,10-11,13,15H2/t19-/m0/s1. The molecule has 1 saturated heterocycles. The van der Waals surface area contributed by atoms with Crippen LogP contribution in [0.1, 0.15) is 28.8 Å². The van der Waals surface area contributed by atoms with Crippen molar-refractivity contribution in [3.8, 4) is 6.07 Å². The maximum Gasteiger partial charge on any atom is 0.253 e. The molecule has 1 atom stereocenters. The van der Waals surface area contributed by atoms with Crippen LogP contribution in [-0.4, -0.2) is 37.6 Å². The molecule has 1 fully saturated rings. The van der Waals surface area contributed by atoms with Crippen LogP contribution in [0.2, 0.25) is 0 Å². The highest BCUT2D eigenvalue weighted by Gasteiger charge is 2.33. The summed E-state index contributed by atoms with van der Waals surface area (Å²) in [6.07, 6.45) is 1.38. The van der Waals surface area contributed by atoms with Crippen molar-refractivity contribution in [3.05, 3.63) is 65.7 Å². The molecule has 2 aromatic rings. The maximum atomic E-state index is 12.8. The lowest BCUT2D eigenvalue weighted by molar-refractivity contribution is 0.0727. The van der Waals surface area contributed by atoms with E-state index in [9.17, 15) is 13.2 Å². The van der Waals surface area contributed by atoms with Crippen LogP contribution >= 0.6 is 0 Å². The van der Waals surface area contributed by atoms with E-state index in [1.54, 1.807) is 53.4 Å². The fraction of sp³-hybridized carbons (Fsp3) is 0.300. The number of nitriles is 1. The summed E-state index contributed by atoms with van der Waals surface area (Å²) in [5, 5.41) is 8.17. The van der Waals surface area contributed by atoms with Gasteiger partial charge in [-0.05, 0) is 42.7 Å². The second-order valence-corrected chi connectivity index (χ2v) is 8.52. The third-order valence-corrected chi connectivity index (χ3v) is 6.38. The number of likely N-dealkylation sites (tertiary alicyclic amines) is 1. The largest absolute Gasteiger partial charge is 0.337 e. The second kappa shape index (κ2) is 8.23. The molecule has 0 aromatic heterocycles. The average molecular weight is 383 g/mol. The predicted octanol–water partition coefficient (Wildman–Crippen LogP) is 2.80. The van der Waals surface area contributed by atoms with Crippen LogP contribution in [-0.2, 0) is 16.4 Å². The number of nitrogens with one attached hydrogen (secondary N) is 1. The number of rotatable bonds is 5. The summed E-state index contributed by atoms with van der Waals surface area (Å²) in [6, 6.07) is 17.8. The molecule has 2 aromatic carbocycles. The lowest BCUT2D eigenvalue weighted by Gasteiger charge is -2.32. The molecule has 1 N–H and O–H groups in total. The first kappa shape index (κ1) is 18.9. The summed E-state index contributed by atoms with van der Waals surface area (Å²) in [4.78, 5) is 14.4. The summed E-state index contributed by atoms with van der Waals surface area (Å²) in [7, 11) is -3.59. The zero-order valence-corrected chi connectivity index (χ0v) is 15.7. The lowest BCUT2D eigenvalue weighted by Crippen LogP contribution is -2.46. The fourth-order valence-electron chi connectivity index (χ4n) is 3.22. The normalized spacial score (nSPS) is 17.1. The maximum absolute atomic E-state index is 12.8. The molecule has 1 aliphatic heterocycles. The van der Waals surface area contributed by atoms with Gasteiger partial charge in [0.15, 0.2) is 0 Å². The van der Waals surface area contributed by atoms with E-state index >= 15 is 0 Å². The highest BCUT2D eigenvalue weighted by molar-refractivity contribution is 7.93. The fourth-order valence-corrected chi connectivity index (χ4v) is 4.70. The van der Waals surface area contributed by atoms with Crippen molar-refractivity contribution >= 4 is 21.6 Å². The molecule has 0 aliphatic carbocycles. The van der Waals surface area contributed by atoms with E-state index in [2.05, 4.69) is 10.8 Å². The summed E-state index contributed by atoms with van der Waals surface area (Å²) in [6.45, 7) is 0.683. The number of benzene rings is 2. The molecule has 0 bridgehead atoms. The number of piperidine rings is 1. The topological polar surface area (TPSA) is 90.3 Å². The van der Waals surface area contributed by atoms with Crippen molar-refractivity contribution in [2.45, 2.75) is 24.5 Å². The number of carbonyl (C=O) groups is 1. The van der Waals surface area contributed by atoms with Gasteiger partial charge in [0.2, 0.25) is 10.0 Å². The quantitative estimate of drug-likeness (QED) is 0.860. The Hall–Kier alpha value is -2.85. The van der Waals surface area contributed by atoms with Gasteiger partial charge >= 0.3 is 0 Å². The summed E-state index contributed by atoms with van der Waals surface area (Å²) in [5.41, 5.74) is 1.78. The number of amides is 1. The zero-order valence-electron chi connectivity index (χ0n) is 14.8. The number of sulfonamides is 1. The number of nitrogens with zero attached hydrogens (tertiary/aromatic N) is 2. The molecule has 140 valence electrons. The van der Waals surface area contributed by atoms with Crippen LogP contribution in [0.15, 0.2) is 54.6 Å². The smallest absolute Gasteiger partial charge is 0.253 e. The van der Waals surface area contributed by atoms with Gasteiger partial charge in [-0.15, -0.1) is 0 Å². The first-order valence-electron chi connectivity index (χ1n) is 8.81. The summed E-state index contributed by atoms with van der Waals surface area (Å²) < 4.78 is 28.0. The number of hydrogen-bond donors (Lipinski definition) is 1. The first-order valence-corrected chi connectivity index (χ1v) is 10.4. The molecule has 6 nitrogen and oxygen atoms in total. The van der Waals surface area contributed by atoms with E-state index in [1.807, 2.05) is 6.07 Å². The molecule has 3 rings (SSSR count). The van der Waals surface area contributed by atoms with E-state index in [-0.39, 0.29) is 18.9 Å². The van der Waals surface area contributed by atoms with Crippen LogP contribution in [0.5, 0.6) is 0 Å². The van der Waals surface area contributed by atoms with Crippen LogP contribution in [0.4, 0.5) is 5.69 Å². The molecule has 27 heavy (non-hydrogen) atoms. The van der Waals surface area contributed by atoms with E-state index in [4.69, 9.17) is 5.26 Å². The van der Waals surface area contributed by atoms with Gasteiger partial charge in [0.05, 0.1) is 17.7 Å². The minimum absolute atomic E-state index is 0.156. The number of hydrogen-bond acceptors (Lipinski definition) is 4. The van der Waals surface area contributed by atoms with E-state index in [0.29, 0.717) is 30.6 Å². The molecular formula is C20H21N3O3S. The summed E-state index contributed by atoms with van der Waals surface area (Å²) in [5.74, 6) is -0.200. The van der Waals surface area contributed by atoms with Crippen LogP contribution in [0, 0.1) is 11.3 Å². The van der Waals surface area contributed by atoms with Crippen molar-refractivity contribution in [1.29, 1.82) is 5.26 Å². The van der Waals surface area contributed by atoms with Crippen molar-refractivity contribution in [1.82, 2.24) is 4.90 Å².